The molecule has 0 aliphatic heterocycles. The molecule has 1 aromatic carbocycles. The van der Waals surface area contributed by atoms with Gasteiger partial charge in [0.2, 0.25) is 0 Å². The molecule has 0 bridgehead atoms. The second kappa shape index (κ2) is 6.63. The molecule has 1 aromatic heterocycles. The van der Waals surface area contributed by atoms with Gasteiger partial charge < -0.3 is 10.1 Å². The number of ether oxygens (including phenoxy) is 1. The summed E-state index contributed by atoms with van der Waals surface area (Å²) in [5.41, 5.74) is 3.09. The summed E-state index contributed by atoms with van der Waals surface area (Å²) in [6.45, 7) is 3.17. The molecule has 0 aliphatic rings. The number of hydrogen-bond donors (Lipinski definition) is 1. The van der Waals surface area contributed by atoms with Crippen LogP contribution in [0.25, 0.3) is 0 Å². The molecular formula is C14H16BrN3O. The van der Waals surface area contributed by atoms with Gasteiger partial charge in [-0.15, -0.1) is 0 Å². The van der Waals surface area contributed by atoms with Crippen LogP contribution in [0.1, 0.15) is 16.8 Å². The van der Waals surface area contributed by atoms with Crippen molar-refractivity contribution in [3.63, 3.8) is 0 Å². The fraction of sp³-hybridized carbons (Fsp3) is 0.286. The number of nitrogens with one attached hydrogen (secondary N) is 1. The maximum atomic E-state index is 5.61. The standard InChI is InChI=1S/C14H16BrN3O/c1-10-12(7-16-2)8-17-14(18-10)19-9-11-5-3-4-6-13(11)15/h3-6,8,16H,7,9H2,1-2H3. The summed E-state index contributed by atoms with van der Waals surface area (Å²) in [6.07, 6.45) is 1.80. The Balaban J connectivity index is 2.04. The van der Waals surface area contributed by atoms with Crippen molar-refractivity contribution in [2.24, 2.45) is 0 Å². The van der Waals surface area contributed by atoms with Gasteiger partial charge in [0.05, 0.1) is 0 Å². The van der Waals surface area contributed by atoms with Crippen LogP contribution in [0.3, 0.4) is 0 Å². The number of aromatic nitrogens is 2. The molecule has 0 radical (unpaired) electrons. The van der Waals surface area contributed by atoms with Crippen molar-refractivity contribution in [2.45, 2.75) is 20.1 Å². The Kier molecular flexibility index (Phi) is 4.87. The average Bonchev–Trinajstić information content (AvgIpc) is 2.41. The average molecular weight is 322 g/mol. The smallest absolute Gasteiger partial charge is 0.316 e. The Morgan fingerprint density at radius 3 is 2.74 bits per heavy atom. The highest BCUT2D eigenvalue weighted by atomic mass is 79.9. The van der Waals surface area contributed by atoms with Crippen LogP contribution in [-0.4, -0.2) is 17.0 Å². The maximum Gasteiger partial charge on any atom is 0.316 e. The van der Waals surface area contributed by atoms with Crippen molar-refractivity contribution in [2.75, 3.05) is 7.05 Å². The molecule has 0 atom stereocenters. The predicted octanol–water partition coefficient (Wildman–Crippen LogP) is 2.85. The minimum absolute atomic E-state index is 0.410. The lowest BCUT2D eigenvalue weighted by Crippen LogP contribution is -2.09. The molecular weight excluding hydrogens is 306 g/mol. The molecule has 100 valence electrons. The summed E-state index contributed by atoms with van der Waals surface area (Å²) < 4.78 is 6.64. The fourth-order valence-corrected chi connectivity index (χ4v) is 2.06. The summed E-state index contributed by atoms with van der Waals surface area (Å²) in [4.78, 5) is 8.56. The Hall–Kier alpha value is -1.46. The Bertz CT molecular complexity index is 560. The third kappa shape index (κ3) is 3.75. The first-order valence-corrected chi connectivity index (χ1v) is 6.83. The van der Waals surface area contributed by atoms with E-state index in [1.54, 1.807) is 6.20 Å². The molecule has 2 aromatic rings. The lowest BCUT2D eigenvalue weighted by atomic mass is 10.2. The molecule has 0 saturated carbocycles. The molecule has 0 fully saturated rings. The molecule has 0 saturated heterocycles. The second-order valence-electron chi connectivity index (χ2n) is 4.17. The normalized spacial score (nSPS) is 10.5. The monoisotopic (exact) mass is 321 g/mol. The van der Waals surface area contributed by atoms with Crippen LogP contribution in [0, 0.1) is 6.92 Å². The summed E-state index contributed by atoms with van der Waals surface area (Å²) >= 11 is 3.49. The van der Waals surface area contributed by atoms with Gasteiger partial charge in [0.1, 0.15) is 6.61 Å². The summed E-state index contributed by atoms with van der Waals surface area (Å²) in [5, 5.41) is 3.08. The van der Waals surface area contributed by atoms with E-state index in [4.69, 9.17) is 4.74 Å². The first-order valence-electron chi connectivity index (χ1n) is 6.04. The van der Waals surface area contributed by atoms with E-state index in [2.05, 4.69) is 31.2 Å². The molecule has 0 unspecified atom stereocenters. The highest BCUT2D eigenvalue weighted by Gasteiger charge is 2.05. The molecule has 19 heavy (non-hydrogen) atoms. The summed E-state index contributed by atoms with van der Waals surface area (Å²) in [5.74, 6) is 0. The van der Waals surface area contributed by atoms with E-state index in [0.717, 1.165) is 27.8 Å². The van der Waals surface area contributed by atoms with Crippen molar-refractivity contribution in [3.05, 3.63) is 51.8 Å². The van der Waals surface area contributed by atoms with Gasteiger partial charge in [0.25, 0.3) is 0 Å². The van der Waals surface area contributed by atoms with Crippen molar-refractivity contribution in [1.29, 1.82) is 0 Å². The lowest BCUT2D eigenvalue weighted by molar-refractivity contribution is 0.279. The van der Waals surface area contributed by atoms with E-state index >= 15 is 0 Å². The topological polar surface area (TPSA) is 47.0 Å². The van der Waals surface area contributed by atoms with Gasteiger partial charge in [0.15, 0.2) is 0 Å². The number of rotatable bonds is 5. The number of nitrogens with zero attached hydrogens (tertiary/aromatic N) is 2. The fourth-order valence-electron chi connectivity index (χ4n) is 1.66. The lowest BCUT2D eigenvalue weighted by Gasteiger charge is -2.08. The van der Waals surface area contributed by atoms with Gasteiger partial charge >= 0.3 is 6.01 Å². The maximum absolute atomic E-state index is 5.61. The highest BCUT2D eigenvalue weighted by molar-refractivity contribution is 9.10. The SMILES string of the molecule is CNCc1cnc(OCc2ccccc2Br)nc1C. The Labute approximate surface area is 121 Å². The van der Waals surface area contributed by atoms with Crippen LogP contribution in [0.2, 0.25) is 0 Å². The van der Waals surface area contributed by atoms with E-state index in [9.17, 15) is 0 Å². The molecule has 2 rings (SSSR count). The van der Waals surface area contributed by atoms with E-state index in [0.29, 0.717) is 12.6 Å². The van der Waals surface area contributed by atoms with E-state index < -0.39 is 0 Å². The zero-order valence-electron chi connectivity index (χ0n) is 11.0. The minimum atomic E-state index is 0.410. The van der Waals surface area contributed by atoms with Gasteiger partial charge in [-0.1, -0.05) is 34.1 Å². The van der Waals surface area contributed by atoms with Crippen LogP contribution in [0.5, 0.6) is 6.01 Å². The van der Waals surface area contributed by atoms with Gasteiger partial charge in [-0.25, -0.2) is 9.97 Å². The predicted molar refractivity (Wildman–Crippen MR) is 78.0 cm³/mol. The number of halogens is 1. The minimum Gasteiger partial charge on any atom is -0.459 e. The van der Waals surface area contributed by atoms with Gasteiger partial charge in [-0.2, -0.15) is 0 Å². The highest BCUT2D eigenvalue weighted by Crippen LogP contribution is 2.17. The van der Waals surface area contributed by atoms with Crippen LogP contribution in [-0.2, 0) is 13.2 Å². The second-order valence-corrected chi connectivity index (χ2v) is 5.03. The zero-order chi connectivity index (χ0) is 13.7. The summed E-state index contributed by atoms with van der Waals surface area (Å²) in [6, 6.07) is 8.35. The first-order chi connectivity index (χ1) is 9.20. The molecule has 0 amide bonds. The van der Waals surface area contributed by atoms with Crippen LogP contribution >= 0.6 is 15.9 Å². The van der Waals surface area contributed by atoms with Crippen molar-refractivity contribution < 1.29 is 4.74 Å². The first kappa shape index (κ1) is 14.0. The van der Waals surface area contributed by atoms with Gasteiger partial charge in [-0.05, 0) is 20.0 Å². The third-order valence-corrected chi connectivity index (χ3v) is 3.51. The van der Waals surface area contributed by atoms with Crippen molar-refractivity contribution in [3.8, 4) is 6.01 Å². The molecule has 1 N–H and O–H groups in total. The molecule has 1 heterocycles. The van der Waals surface area contributed by atoms with Gasteiger partial charge in [-0.3, -0.25) is 0 Å². The van der Waals surface area contributed by atoms with Gasteiger partial charge in [0, 0.05) is 34.0 Å². The van der Waals surface area contributed by atoms with E-state index in [1.807, 2.05) is 38.2 Å². The molecule has 0 aliphatic carbocycles. The quantitative estimate of drug-likeness (QED) is 0.919. The third-order valence-electron chi connectivity index (χ3n) is 2.74. The van der Waals surface area contributed by atoms with E-state index in [-0.39, 0.29) is 0 Å². The zero-order valence-corrected chi connectivity index (χ0v) is 12.6. The van der Waals surface area contributed by atoms with Crippen molar-refractivity contribution >= 4 is 15.9 Å². The Morgan fingerprint density at radius 2 is 2.05 bits per heavy atom. The van der Waals surface area contributed by atoms with Crippen molar-refractivity contribution in [1.82, 2.24) is 15.3 Å². The number of hydrogen-bond acceptors (Lipinski definition) is 4. The molecule has 4 nitrogen and oxygen atoms in total. The van der Waals surface area contributed by atoms with Crippen LogP contribution < -0.4 is 10.1 Å². The number of benzene rings is 1. The summed E-state index contributed by atoms with van der Waals surface area (Å²) in [7, 11) is 1.90. The molecule has 0 spiro atoms. The molecule has 5 heteroatoms. The van der Waals surface area contributed by atoms with Crippen LogP contribution in [0.15, 0.2) is 34.9 Å². The largest absolute Gasteiger partial charge is 0.459 e. The van der Waals surface area contributed by atoms with Crippen LogP contribution in [0.4, 0.5) is 0 Å². The van der Waals surface area contributed by atoms with E-state index in [1.165, 1.54) is 0 Å². The Morgan fingerprint density at radius 1 is 1.26 bits per heavy atom. The number of aryl methyl sites for hydroxylation is 1.